The van der Waals surface area contributed by atoms with Crippen molar-refractivity contribution >= 4 is 34.1 Å². The van der Waals surface area contributed by atoms with Crippen molar-refractivity contribution in [2.24, 2.45) is 0 Å². The normalized spacial score (nSPS) is 10.7. The Morgan fingerprint density at radius 2 is 1.50 bits per heavy atom. The molecular formula is C14H12Cl2N2. The number of nitriles is 1. The summed E-state index contributed by atoms with van der Waals surface area (Å²) in [6, 6.07) is 2.01. The lowest BCUT2D eigenvalue weighted by Crippen LogP contribution is -1.98. The van der Waals surface area contributed by atoms with Gasteiger partial charge in [0.05, 0.1) is 10.5 Å². The van der Waals surface area contributed by atoms with E-state index >= 15 is 0 Å². The minimum absolute atomic E-state index is 0.167. The summed E-state index contributed by atoms with van der Waals surface area (Å²) in [7, 11) is 0. The Morgan fingerprint density at radius 3 is 2.06 bits per heavy atom. The first kappa shape index (κ1) is 13.1. The number of fused-ring (bicyclic) bond motifs is 1. The van der Waals surface area contributed by atoms with Gasteiger partial charge in [0.1, 0.15) is 16.8 Å². The van der Waals surface area contributed by atoms with Crippen molar-refractivity contribution in [2.45, 2.75) is 27.7 Å². The fourth-order valence-electron chi connectivity index (χ4n) is 2.17. The van der Waals surface area contributed by atoms with Gasteiger partial charge in [-0.05, 0) is 49.9 Å². The van der Waals surface area contributed by atoms with Crippen LogP contribution in [0.15, 0.2) is 0 Å². The summed E-state index contributed by atoms with van der Waals surface area (Å²) in [6.45, 7) is 8.09. The van der Waals surface area contributed by atoms with Gasteiger partial charge in [-0.25, -0.2) is 4.98 Å². The predicted octanol–water partition coefficient (Wildman–Crippen LogP) is 4.65. The fourth-order valence-corrected chi connectivity index (χ4v) is 2.80. The van der Waals surface area contributed by atoms with E-state index in [0.717, 1.165) is 22.0 Å². The third kappa shape index (κ3) is 1.67. The molecule has 2 rings (SSSR count). The average Bonchev–Trinajstić information content (AvgIpc) is 2.33. The maximum atomic E-state index is 9.08. The van der Waals surface area contributed by atoms with Crippen LogP contribution in [0.4, 0.5) is 0 Å². The van der Waals surface area contributed by atoms with Gasteiger partial charge in [-0.2, -0.15) is 5.26 Å². The van der Waals surface area contributed by atoms with Crippen LogP contribution in [0.1, 0.15) is 27.8 Å². The standard InChI is InChI=1S/C14H12Cl2N2/c1-6-7(2)9(4)13-11(8(6)3)12(15)10(5-17)14(16)18-13/h1-4H3. The van der Waals surface area contributed by atoms with E-state index in [9.17, 15) is 0 Å². The van der Waals surface area contributed by atoms with Gasteiger partial charge in [-0.1, -0.05) is 23.2 Å². The molecule has 0 bridgehead atoms. The summed E-state index contributed by atoms with van der Waals surface area (Å²) in [5.74, 6) is 0. The summed E-state index contributed by atoms with van der Waals surface area (Å²) in [6.07, 6.45) is 0. The quantitative estimate of drug-likeness (QED) is 0.658. The predicted molar refractivity (Wildman–Crippen MR) is 75.4 cm³/mol. The van der Waals surface area contributed by atoms with Crippen LogP contribution in [0.3, 0.4) is 0 Å². The van der Waals surface area contributed by atoms with E-state index in [1.54, 1.807) is 0 Å². The minimum atomic E-state index is 0.167. The van der Waals surface area contributed by atoms with Gasteiger partial charge in [0.2, 0.25) is 0 Å². The number of benzene rings is 1. The zero-order valence-corrected chi connectivity index (χ0v) is 12.2. The van der Waals surface area contributed by atoms with E-state index in [2.05, 4.69) is 11.9 Å². The van der Waals surface area contributed by atoms with Gasteiger partial charge in [0.15, 0.2) is 0 Å². The molecule has 4 heteroatoms. The van der Waals surface area contributed by atoms with Crippen LogP contribution in [0.5, 0.6) is 0 Å². The molecule has 18 heavy (non-hydrogen) atoms. The third-order valence-electron chi connectivity index (χ3n) is 3.62. The molecule has 0 N–H and O–H groups in total. The topological polar surface area (TPSA) is 36.7 Å². The lowest BCUT2D eigenvalue weighted by atomic mass is 9.94. The Balaban J connectivity index is 3.14. The molecule has 0 aliphatic rings. The van der Waals surface area contributed by atoms with Crippen molar-refractivity contribution in [1.29, 1.82) is 5.26 Å². The molecule has 0 aliphatic carbocycles. The lowest BCUT2D eigenvalue weighted by molar-refractivity contribution is 1.22. The molecule has 2 nitrogen and oxygen atoms in total. The smallest absolute Gasteiger partial charge is 0.149 e. The SMILES string of the molecule is Cc1c(C)c(C)c2c(Cl)c(C#N)c(Cl)nc2c1C. The number of aryl methyl sites for hydroxylation is 2. The highest BCUT2D eigenvalue weighted by Gasteiger charge is 2.18. The second-order valence-corrected chi connectivity index (χ2v) is 5.16. The molecule has 2 aromatic rings. The van der Waals surface area contributed by atoms with E-state index in [4.69, 9.17) is 28.5 Å². The number of aromatic nitrogens is 1. The van der Waals surface area contributed by atoms with Crippen LogP contribution in [-0.2, 0) is 0 Å². The molecule has 1 aromatic carbocycles. The number of halogens is 2. The van der Waals surface area contributed by atoms with E-state index in [1.807, 2.05) is 26.8 Å². The Morgan fingerprint density at radius 1 is 0.944 bits per heavy atom. The summed E-state index contributed by atoms with van der Waals surface area (Å²) >= 11 is 12.3. The molecule has 0 radical (unpaired) electrons. The van der Waals surface area contributed by atoms with Crippen molar-refractivity contribution in [2.75, 3.05) is 0 Å². The maximum Gasteiger partial charge on any atom is 0.149 e. The first-order valence-electron chi connectivity index (χ1n) is 5.55. The van der Waals surface area contributed by atoms with Gasteiger partial charge in [-0.3, -0.25) is 0 Å². The monoisotopic (exact) mass is 278 g/mol. The molecule has 0 fully saturated rings. The first-order valence-corrected chi connectivity index (χ1v) is 6.30. The number of pyridine rings is 1. The highest BCUT2D eigenvalue weighted by Crippen LogP contribution is 2.36. The molecule has 1 heterocycles. The van der Waals surface area contributed by atoms with Crippen LogP contribution in [0, 0.1) is 39.0 Å². The molecule has 0 atom stereocenters. The zero-order chi connectivity index (χ0) is 13.6. The van der Waals surface area contributed by atoms with Gasteiger partial charge in [-0.15, -0.1) is 0 Å². The Hall–Kier alpha value is -1.30. The second-order valence-electron chi connectivity index (χ2n) is 4.43. The van der Waals surface area contributed by atoms with E-state index in [1.165, 1.54) is 11.1 Å². The summed E-state index contributed by atoms with van der Waals surface area (Å²) < 4.78 is 0. The highest BCUT2D eigenvalue weighted by molar-refractivity contribution is 6.40. The van der Waals surface area contributed by atoms with Crippen molar-refractivity contribution in [3.8, 4) is 6.07 Å². The first-order chi connectivity index (χ1) is 8.40. The largest absolute Gasteiger partial charge is 0.234 e. The van der Waals surface area contributed by atoms with Crippen LogP contribution < -0.4 is 0 Å². The highest BCUT2D eigenvalue weighted by atomic mass is 35.5. The van der Waals surface area contributed by atoms with Crippen LogP contribution in [-0.4, -0.2) is 4.98 Å². The van der Waals surface area contributed by atoms with E-state index in [0.29, 0.717) is 5.02 Å². The second kappa shape index (κ2) is 4.42. The van der Waals surface area contributed by atoms with Crippen LogP contribution in [0.2, 0.25) is 10.2 Å². The molecule has 0 amide bonds. The van der Waals surface area contributed by atoms with Gasteiger partial charge in [0.25, 0.3) is 0 Å². The van der Waals surface area contributed by atoms with Gasteiger partial charge < -0.3 is 0 Å². The number of nitrogens with zero attached hydrogens (tertiary/aromatic N) is 2. The number of hydrogen-bond donors (Lipinski definition) is 0. The van der Waals surface area contributed by atoms with E-state index in [-0.39, 0.29) is 10.7 Å². The van der Waals surface area contributed by atoms with Crippen LogP contribution in [0.25, 0.3) is 10.9 Å². The molecular weight excluding hydrogens is 267 g/mol. The Labute approximate surface area is 116 Å². The number of hydrogen-bond acceptors (Lipinski definition) is 2. The zero-order valence-electron chi connectivity index (χ0n) is 10.7. The van der Waals surface area contributed by atoms with Gasteiger partial charge in [0, 0.05) is 5.39 Å². The molecule has 0 spiro atoms. The molecule has 0 saturated carbocycles. The maximum absolute atomic E-state index is 9.08. The summed E-state index contributed by atoms with van der Waals surface area (Å²) in [5.41, 5.74) is 5.50. The summed E-state index contributed by atoms with van der Waals surface area (Å²) in [5, 5.41) is 10.5. The average molecular weight is 279 g/mol. The van der Waals surface area contributed by atoms with Gasteiger partial charge >= 0.3 is 0 Å². The Kier molecular flexibility index (Phi) is 3.23. The molecule has 92 valence electrons. The lowest BCUT2D eigenvalue weighted by Gasteiger charge is -2.15. The summed E-state index contributed by atoms with van der Waals surface area (Å²) in [4.78, 5) is 4.33. The fraction of sp³-hybridized carbons (Fsp3) is 0.286. The van der Waals surface area contributed by atoms with Crippen LogP contribution >= 0.6 is 23.2 Å². The number of rotatable bonds is 0. The third-order valence-corrected chi connectivity index (χ3v) is 4.27. The van der Waals surface area contributed by atoms with Crippen molar-refractivity contribution in [3.63, 3.8) is 0 Å². The molecule has 0 unspecified atom stereocenters. The molecule has 0 saturated heterocycles. The molecule has 1 aromatic heterocycles. The Bertz CT molecular complexity index is 713. The molecule has 0 aliphatic heterocycles. The van der Waals surface area contributed by atoms with E-state index < -0.39 is 0 Å². The van der Waals surface area contributed by atoms with Crippen molar-refractivity contribution in [1.82, 2.24) is 4.98 Å². The van der Waals surface area contributed by atoms with Crippen molar-refractivity contribution in [3.05, 3.63) is 38.0 Å². The van der Waals surface area contributed by atoms with Crippen molar-refractivity contribution < 1.29 is 0 Å². The minimum Gasteiger partial charge on any atom is -0.234 e.